The summed E-state index contributed by atoms with van der Waals surface area (Å²) in [4.78, 5) is 39.2. The van der Waals surface area contributed by atoms with Crippen LogP contribution in [0, 0.1) is 11.3 Å². The molecule has 2 heterocycles. The number of rotatable bonds is 10. The van der Waals surface area contributed by atoms with E-state index in [4.69, 9.17) is 10.00 Å². The van der Waals surface area contributed by atoms with Crippen LogP contribution in [0.4, 0.5) is 10.5 Å². The summed E-state index contributed by atoms with van der Waals surface area (Å²) in [6, 6.07) is 20.9. The molecule has 0 bridgehead atoms. The molecule has 0 unspecified atom stereocenters. The predicted octanol–water partition coefficient (Wildman–Crippen LogP) is 4.40. The van der Waals surface area contributed by atoms with Gasteiger partial charge in [0.15, 0.2) is 0 Å². The van der Waals surface area contributed by atoms with Crippen LogP contribution in [-0.4, -0.2) is 59.8 Å². The van der Waals surface area contributed by atoms with E-state index in [0.29, 0.717) is 21.3 Å². The first-order valence-corrected chi connectivity index (χ1v) is 15.5. The minimum absolute atomic E-state index is 0.0769. The third-order valence-corrected chi connectivity index (χ3v) is 9.66. The molecule has 0 saturated carbocycles. The minimum atomic E-state index is -4.42. The topological polar surface area (TPSA) is 157 Å². The van der Waals surface area contributed by atoms with Gasteiger partial charge >= 0.3 is 12.1 Å². The average Bonchev–Trinajstić information content (AvgIpc) is 3.61. The number of nitrogens with zero attached hydrogens (tertiary/aromatic N) is 3. The predicted molar refractivity (Wildman–Crippen MR) is 159 cm³/mol. The summed E-state index contributed by atoms with van der Waals surface area (Å²) in [6.07, 6.45) is -0.567. The summed E-state index contributed by atoms with van der Waals surface area (Å²) in [6.45, 7) is -0.391. The van der Waals surface area contributed by atoms with Gasteiger partial charge in [-0.15, -0.1) is 11.3 Å². The number of sulfonamides is 1. The van der Waals surface area contributed by atoms with Gasteiger partial charge in [0.2, 0.25) is 15.9 Å². The van der Waals surface area contributed by atoms with Crippen molar-refractivity contribution in [1.29, 1.82) is 5.26 Å². The Kier molecular flexibility index (Phi) is 8.72. The van der Waals surface area contributed by atoms with Crippen molar-refractivity contribution in [2.45, 2.75) is 30.5 Å². The van der Waals surface area contributed by atoms with Crippen LogP contribution in [-0.2, 0) is 37.5 Å². The fourth-order valence-electron chi connectivity index (χ4n) is 4.86. The highest BCUT2D eigenvalue weighted by Crippen LogP contribution is 2.29. The summed E-state index contributed by atoms with van der Waals surface area (Å²) in [5.74, 6) is -1.90. The first kappa shape index (κ1) is 29.7. The highest BCUT2D eigenvalue weighted by Gasteiger charge is 2.43. The second kappa shape index (κ2) is 12.6. The number of nitriles is 1. The number of amides is 2. The number of carboxylic acids is 1. The molecule has 1 aliphatic heterocycles. The number of carboxylic acid groups (broad SMARTS) is 1. The van der Waals surface area contributed by atoms with Crippen molar-refractivity contribution in [2.75, 3.05) is 18.4 Å². The Labute approximate surface area is 251 Å². The van der Waals surface area contributed by atoms with Crippen LogP contribution < -0.4 is 5.32 Å². The molecule has 1 atom stereocenters. The van der Waals surface area contributed by atoms with Gasteiger partial charge in [0, 0.05) is 18.8 Å². The number of fused-ring (bicyclic) bond motifs is 1. The standard InChI is InChI=1S/C30H26N4O7S2/c31-15-25-12-21(19-42-25)16-33-11-10-27(29(33)37)34(17-28(35)36)43(39,40)26-9-7-22-6-8-24(13-23(22)14-26)32-30(38)41-18-20-4-2-1-3-5-20/h1-9,12-14,19,27H,10-11,16-18H2,(H,32,38)(H,35,36)/t27-/m0/s1. The molecule has 13 heteroatoms. The Hall–Kier alpha value is -4.77. The fraction of sp³-hybridized carbons (Fsp3) is 0.200. The lowest BCUT2D eigenvalue weighted by molar-refractivity contribution is -0.138. The zero-order valence-corrected chi connectivity index (χ0v) is 24.3. The smallest absolute Gasteiger partial charge is 0.411 e. The van der Waals surface area contributed by atoms with E-state index >= 15 is 0 Å². The van der Waals surface area contributed by atoms with Crippen LogP contribution in [0.2, 0.25) is 0 Å². The zero-order valence-electron chi connectivity index (χ0n) is 22.7. The minimum Gasteiger partial charge on any atom is -0.480 e. The van der Waals surface area contributed by atoms with Gasteiger partial charge in [-0.05, 0) is 64.0 Å². The van der Waals surface area contributed by atoms with Crippen LogP contribution in [0.1, 0.15) is 22.4 Å². The third-order valence-electron chi connectivity index (χ3n) is 6.92. The van der Waals surface area contributed by atoms with Gasteiger partial charge in [0.25, 0.3) is 0 Å². The lowest BCUT2D eigenvalue weighted by atomic mass is 10.1. The first-order chi connectivity index (χ1) is 20.6. The van der Waals surface area contributed by atoms with Gasteiger partial charge in [0.1, 0.15) is 30.1 Å². The van der Waals surface area contributed by atoms with Crippen molar-refractivity contribution in [3.8, 4) is 6.07 Å². The van der Waals surface area contributed by atoms with E-state index < -0.39 is 40.6 Å². The first-order valence-electron chi connectivity index (χ1n) is 13.2. The molecular weight excluding hydrogens is 592 g/mol. The molecule has 43 heavy (non-hydrogen) atoms. The van der Waals surface area contributed by atoms with E-state index in [1.165, 1.54) is 28.4 Å². The monoisotopic (exact) mass is 618 g/mol. The van der Waals surface area contributed by atoms with Crippen molar-refractivity contribution < 1.29 is 32.6 Å². The molecule has 2 amide bonds. The maximum absolute atomic E-state index is 13.8. The quantitative estimate of drug-likeness (QED) is 0.265. The van der Waals surface area contributed by atoms with Crippen LogP contribution >= 0.6 is 11.3 Å². The van der Waals surface area contributed by atoms with E-state index in [1.807, 2.05) is 36.4 Å². The highest BCUT2D eigenvalue weighted by atomic mass is 32.2. The van der Waals surface area contributed by atoms with Crippen molar-refractivity contribution >= 4 is 55.8 Å². The number of ether oxygens (including phenoxy) is 1. The lowest BCUT2D eigenvalue weighted by Crippen LogP contribution is -2.47. The number of nitrogens with one attached hydrogen (secondary N) is 1. The van der Waals surface area contributed by atoms with Gasteiger partial charge in [-0.1, -0.05) is 42.5 Å². The van der Waals surface area contributed by atoms with Crippen molar-refractivity contribution in [2.24, 2.45) is 0 Å². The van der Waals surface area contributed by atoms with Crippen molar-refractivity contribution in [1.82, 2.24) is 9.21 Å². The molecule has 0 spiro atoms. The zero-order chi connectivity index (χ0) is 30.6. The second-order valence-corrected chi connectivity index (χ2v) is 12.7. The van der Waals surface area contributed by atoms with Crippen LogP contribution in [0.3, 0.4) is 0 Å². The number of aliphatic carboxylic acids is 1. The molecule has 5 rings (SSSR count). The maximum Gasteiger partial charge on any atom is 0.411 e. The van der Waals surface area contributed by atoms with Crippen LogP contribution in [0.5, 0.6) is 0 Å². The molecule has 220 valence electrons. The van der Waals surface area contributed by atoms with E-state index in [0.717, 1.165) is 15.4 Å². The number of hydrogen-bond acceptors (Lipinski definition) is 8. The molecule has 3 aromatic carbocycles. The SMILES string of the molecule is N#Cc1cc(CN2CC[C@H](N(CC(=O)O)S(=O)(=O)c3ccc4ccc(NC(=O)OCc5ccccc5)cc4c3)C2=O)cs1. The van der Waals surface area contributed by atoms with E-state index in [1.54, 1.807) is 35.7 Å². The molecule has 1 aliphatic rings. The van der Waals surface area contributed by atoms with E-state index in [9.17, 15) is 27.9 Å². The Morgan fingerprint density at radius 3 is 2.56 bits per heavy atom. The number of thiophene rings is 1. The number of likely N-dealkylation sites (tertiary alicyclic amines) is 1. The third kappa shape index (κ3) is 6.83. The summed E-state index contributed by atoms with van der Waals surface area (Å²) in [5, 5.41) is 24.2. The molecule has 1 saturated heterocycles. The van der Waals surface area contributed by atoms with Crippen LogP contribution in [0.15, 0.2) is 83.1 Å². The Bertz CT molecular complexity index is 1830. The second-order valence-electron chi connectivity index (χ2n) is 9.85. The number of carbonyl (C=O) groups excluding carboxylic acids is 2. The molecule has 2 N–H and O–H groups in total. The number of anilines is 1. The molecule has 11 nitrogen and oxygen atoms in total. The summed E-state index contributed by atoms with van der Waals surface area (Å²) < 4.78 is 33.6. The molecule has 1 fully saturated rings. The van der Waals surface area contributed by atoms with Gasteiger partial charge < -0.3 is 14.7 Å². The normalized spacial score (nSPS) is 15.0. The van der Waals surface area contributed by atoms with Gasteiger partial charge in [-0.2, -0.15) is 9.57 Å². The van der Waals surface area contributed by atoms with Crippen molar-refractivity contribution in [3.05, 3.63) is 94.2 Å². The Morgan fingerprint density at radius 2 is 1.84 bits per heavy atom. The van der Waals surface area contributed by atoms with E-state index in [-0.39, 0.29) is 31.0 Å². The van der Waals surface area contributed by atoms with Crippen molar-refractivity contribution in [3.63, 3.8) is 0 Å². The summed E-state index contributed by atoms with van der Waals surface area (Å²) in [5.41, 5.74) is 1.93. The maximum atomic E-state index is 13.8. The lowest BCUT2D eigenvalue weighted by Gasteiger charge is -2.26. The van der Waals surface area contributed by atoms with Gasteiger partial charge in [-0.3, -0.25) is 14.9 Å². The fourth-order valence-corrected chi connectivity index (χ4v) is 7.15. The average molecular weight is 619 g/mol. The molecule has 4 aromatic rings. The summed E-state index contributed by atoms with van der Waals surface area (Å²) >= 11 is 1.24. The van der Waals surface area contributed by atoms with Crippen LogP contribution in [0.25, 0.3) is 10.8 Å². The Balaban J connectivity index is 1.35. The number of benzene rings is 3. The highest BCUT2D eigenvalue weighted by molar-refractivity contribution is 7.89. The Morgan fingerprint density at radius 1 is 1.07 bits per heavy atom. The molecule has 1 aromatic heterocycles. The number of carbonyl (C=O) groups is 3. The van der Waals surface area contributed by atoms with Gasteiger partial charge in [-0.25, -0.2) is 13.2 Å². The summed E-state index contributed by atoms with van der Waals surface area (Å²) in [7, 11) is -4.42. The van der Waals surface area contributed by atoms with E-state index in [2.05, 4.69) is 5.32 Å². The molecule has 0 aliphatic carbocycles. The van der Waals surface area contributed by atoms with Gasteiger partial charge in [0.05, 0.1) is 4.90 Å². The largest absolute Gasteiger partial charge is 0.480 e. The molecule has 0 radical (unpaired) electrons. The number of hydrogen-bond donors (Lipinski definition) is 2. The molecular formula is C30H26N4O7S2.